The molecule has 0 aliphatic rings. The van der Waals surface area contributed by atoms with E-state index in [1.165, 1.54) is 0 Å². The minimum Gasteiger partial charge on any atom is -0.323 e. The van der Waals surface area contributed by atoms with E-state index in [0.717, 1.165) is 17.1 Å². The van der Waals surface area contributed by atoms with E-state index in [1.807, 2.05) is 20.8 Å². The average molecular weight is 151 g/mol. The topological polar surface area (TPSA) is 51.8 Å². The molecule has 0 aliphatic carbocycles. The first kappa shape index (κ1) is 8.14. The summed E-state index contributed by atoms with van der Waals surface area (Å²) in [5, 5.41) is 0. The molecule has 0 bridgehead atoms. The van der Waals surface area contributed by atoms with Gasteiger partial charge in [-0.25, -0.2) is 0 Å². The Morgan fingerprint density at radius 2 is 2.00 bits per heavy atom. The van der Waals surface area contributed by atoms with Crippen LogP contribution < -0.4 is 5.73 Å². The Hall–Kier alpha value is -0.960. The molecule has 0 saturated heterocycles. The highest BCUT2D eigenvalue weighted by Gasteiger charge is 2.02. The van der Waals surface area contributed by atoms with Gasteiger partial charge in [0.2, 0.25) is 0 Å². The van der Waals surface area contributed by atoms with Gasteiger partial charge in [0, 0.05) is 6.04 Å². The zero-order valence-electron chi connectivity index (χ0n) is 7.13. The minimum absolute atomic E-state index is 0.0261. The molecule has 0 spiro atoms. The highest BCUT2D eigenvalue weighted by Crippen LogP contribution is 2.06. The fourth-order valence-electron chi connectivity index (χ4n) is 0.779. The predicted molar refractivity (Wildman–Crippen MR) is 44.1 cm³/mol. The Labute approximate surface area is 66.7 Å². The van der Waals surface area contributed by atoms with E-state index in [0.29, 0.717) is 0 Å². The van der Waals surface area contributed by atoms with Crippen LogP contribution in [0.3, 0.4) is 0 Å². The van der Waals surface area contributed by atoms with Crippen LogP contribution in [0.1, 0.15) is 30.0 Å². The van der Waals surface area contributed by atoms with Crippen molar-refractivity contribution in [2.24, 2.45) is 5.73 Å². The van der Waals surface area contributed by atoms with Crippen LogP contribution in [0.5, 0.6) is 0 Å². The Morgan fingerprint density at radius 1 is 1.36 bits per heavy atom. The van der Waals surface area contributed by atoms with E-state index in [4.69, 9.17) is 5.73 Å². The second kappa shape index (κ2) is 2.96. The van der Waals surface area contributed by atoms with Crippen molar-refractivity contribution in [2.75, 3.05) is 0 Å². The maximum Gasteiger partial charge on any atom is 0.0754 e. The fraction of sp³-hybridized carbons (Fsp3) is 0.500. The smallest absolute Gasteiger partial charge is 0.0754 e. The van der Waals surface area contributed by atoms with Gasteiger partial charge in [0.05, 0.1) is 23.3 Å². The highest BCUT2D eigenvalue weighted by atomic mass is 14.8. The third kappa shape index (κ3) is 1.74. The second-order valence-electron chi connectivity index (χ2n) is 2.75. The third-order valence-electron chi connectivity index (χ3n) is 1.68. The zero-order chi connectivity index (χ0) is 8.43. The number of aromatic nitrogens is 2. The lowest BCUT2D eigenvalue weighted by Gasteiger charge is -2.05. The summed E-state index contributed by atoms with van der Waals surface area (Å²) in [5.74, 6) is 0. The predicted octanol–water partition coefficient (Wildman–Crippen LogP) is 1.11. The minimum atomic E-state index is -0.0261. The molecule has 1 heterocycles. The van der Waals surface area contributed by atoms with Gasteiger partial charge in [0.25, 0.3) is 0 Å². The first-order chi connectivity index (χ1) is 5.11. The van der Waals surface area contributed by atoms with Gasteiger partial charge >= 0.3 is 0 Å². The summed E-state index contributed by atoms with van der Waals surface area (Å²) in [7, 11) is 0. The molecule has 60 valence electrons. The van der Waals surface area contributed by atoms with E-state index in [1.54, 1.807) is 6.20 Å². The summed E-state index contributed by atoms with van der Waals surface area (Å²) in [5.41, 5.74) is 8.41. The van der Waals surface area contributed by atoms with Gasteiger partial charge in [-0.2, -0.15) is 0 Å². The highest BCUT2D eigenvalue weighted by molar-refractivity contribution is 5.12. The van der Waals surface area contributed by atoms with Gasteiger partial charge in [-0.05, 0) is 20.8 Å². The van der Waals surface area contributed by atoms with Gasteiger partial charge in [-0.1, -0.05) is 0 Å². The molecule has 1 aromatic heterocycles. The van der Waals surface area contributed by atoms with Crippen molar-refractivity contribution in [3.8, 4) is 0 Å². The van der Waals surface area contributed by atoms with E-state index < -0.39 is 0 Å². The van der Waals surface area contributed by atoms with Crippen molar-refractivity contribution in [3.63, 3.8) is 0 Å². The summed E-state index contributed by atoms with van der Waals surface area (Å²) in [6.07, 6.45) is 1.73. The van der Waals surface area contributed by atoms with E-state index in [9.17, 15) is 0 Å². The number of nitrogens with zero attached hydrogens (tertiary/aromatic N) is 2. The van der Waals surface area contributed by atoms with Crippen molar-refractivity contribution in [1.82, 2.24) is 9.97 Å². The van der Waals surface area contributed by atoms with Crippen molar-refractivity contribution < 1.29 is 0 Å². The summed E-state index contributed by atoms with van der Waals surface area (Å²) < 4.78 is 0. The average Bonchev–Trinajstić information content (AvgIpc) is 1.94. The van der Waals surface area contributed by atoms with Crippen molar-refractivity contribution in [2.45, 2.75) is 26.8 Å². The third-order valence-corrected chi connectivity index (χ3v) is 1.68. The molecule has 1 rings (SSSR count). The quantitative estimate of drug-likeness (QED) is 0.654. The lowest BCUT2D eigenvalue weighted by atomic mass is 10.2. The number of nitrogens with two attached hydrogens (primary N) is 1. The van der Waals surface area contributed by atoms with Gasteiger partial charge in [0.1, 0.15) is 0 Å². The van der Waals surface area contributed by atoms with E-state index in [-0.39, 0.29) is 6.04 Å². The number of hydrogen-bond acceptors (Lipinski definition) is 3. The van der Waals surface area contributed by atoms with Gasteiger partial charge < -0.3 is 5.73 Å². The van der Waals surface area contributed by atoms with Crippen LogP contribution in [0.25, 0.3) is 0 Å². The number of hydrogen-bond donors (Lipinski definition) is 1. The molecule has 0 radical (unpaired) electrons. The van der Waals surface area contributed by atoms with Crippen molar-refractivity contribution >= 4 is 0 Å². The fourth-order valence-corrected chi connectivity index (χ4v) is 0.779. The van der Waals surface area contributed by atoms with Crippen molar-refractivity contribution in [3.05, 3.63) is 23.3 Å². The second-order valence-corrected chi connectivity index (χ2v) is 2.75. The first-order valence-electron chi connectivity index (χ1n) is 3.67. The molecule has 1 atom stereocenters. The zero-order valence-corrected chi connectivity index (χ0v) is 7.13. The number of aryl methyl sites for hydroxylation is 2. The molecule has 2 N–H and O–H groups in total. The normalized spacial score (nSPS) is 13.1. The van der Waals surface area contributed by atoms with Crippen LogP contribution in [0.2, 0.25) is 0 Å². The Morgan fingerprint density at radius 3 is 2.45 bits per heavy atom. The largest absolute Gasteiger partial charge is 0.323 e. The van der Waals surface area contributed by atoms with Crippen LogP contribution in [-0.2, 0) is 0 Å². The molecule has 1 aromatic rings. The molecule has 0 fully saturated rings. The molecule has 0 saturated carbocycles. The summed E-state index contributed by atoms with van der Waals surface area (Å²) >= 11 is 0. The summed E-state index contributed by atoms with van der Waals surface area (Å²) in [6.45, 7) is 5.78. The molecule has 3 nitrogen and oxygen atoms in total. The molecular weight excluding hydrogens is 138 g/mol. The van der Waals surface area contributed by atoms with Crippen LogP contribution in [-0.4, -0.2) is 9.97 Å². The maximum absolute atomic E-state index is 5.63. The summed E-state index contributed by atoms with van der Waals surface area (Å²) in [6, 6.07) is -0.0261. The maximum atomic E-state index is 5.63. The molecule has 0 unspecified atom stereocenters. The first-order valence-corrected chi connectivity index (χ1v) is 3.67. The van der Waals surface area contributed by atoms with Crippen LogP contribution in [0.4, 0.5) is 0 Å². The Kier molecular flexibility index (Phi) is 2.19. The van der Waals surface area contributed by atoms with Crippen LogP contribution >= 0.6 is 0 Å². The monoisotopic (exact) mass is 151 g/mol. The SMILES string of the molecule is Cc1ncc([C@H](C)N)nc1C. The molecular formula is C8H13N3. The Balaban J connectivity index is 3.05. The van der Waals surface area contributed by atoms with Crippen molar-refractivity contribution in [1.29, 1.82) is 0 Å². The molecule has 3 heteroatoms. The van der Waals surface area contributed by atoms with Gasteiger partial charge in [0.15, 0.2) is 0 Å². The number of rotatable bonds is 1. The van der Waals surface area contributed by atoms with Crippen LogP contribution in [0.15, 0.2) is 6.20 Å². The standard InChI is InChI=1S/C8H13N3/c1-5(9)8-4-10-6(2)7(3)11-8/h4-5H,9H2,1-3H3/t5-/m0/s1. The van der Waals surface area contributed by atoms with E-state index >= 15 is 0 Å². The lowest BCUT2D eigenvalue weighted by Crippen LogP contribution is -2.09. The molecule has 0 amide bonds. The van der Waals surface area contributed by atoms with Gasteiger partial charge in [-0.15, -0.1) is 0 Å². The molecule has 11 heavy (non-hydrogen) atoms. The lowest BCUT2D eigenvalue weighted by molar-refractivity contribution is 0.761. The van der Waals surface area contributed by atoms with Crippen LogP contribution in [0, 0.1) is 13.8 Å². The van der Waals surface area contributed by atoms with E-state index in [2.05, 4.69) is 9.97 Å². The summed E-state index contributed by atoms with van der Waals surface area (Å²) in [4.78, 5) is 8.44. The van der Waals surface area contributed by atoms with Gasteiger partial charge in [-0.3, -0.25) is 9.97 Å². The molecule has 0 aliphatic heterocycles. The molecule has 0 aromatic carbocycles. The Bertz CT molecular complexity index is 256.